The summed E-state index contributed by atoms with van der Waals surface area (Å²) in [7, 11) is 1.86. The van der Waals surface area contributed by atoms with Gasteiger partial charge in [0.2, 0.25) is 5.91 Å². The van der Waals surface area contributed by atoms with Crippen LogP contribution in [0.1, 0.15) is 12.5 Å². The molecule has 0 radical (unpaired) electrons. The first kappa shape index (κ1) is 14.0. The Kier molecular flexibility index (Phi) is 4.50. The van der Waals surface area contributed by atoms with Crippen molar-refractivity contribution in [2.75, 3.05) is 26.7 Å². The Morgan fingerprint density at radius 3 is 2.68 bits per heavy atom. The van der Waals surface area contributed by atoms with Crippen molar-refractivity contribution in [2.45, 2.75) is 19.5 Å². The lowest BCUT2D eigenvalue weighted by Gasteiger charge is -2.29. The van der Waals surface area contributed by atoms with E-state index in [4.69, 9.17) is 5.73 Å². The number of hydrogen-bond donors (Lipinski definition) is 1. The van der Waals surface area contributed by atoms with Gasteiger partial charge >= 0.3 is 0 Å². The summed E-state index contributed by atoms with van der Waals surface area (Å²) < 4.78 is 0. The van der Waals surface area contributed by atoms with E-state index in [0.29, 0.717) is 12.5 Å². The maximum absolute atomic E-state index is 12.3. The molecule has 1 saturated heterocycles. The number of nitrogens with two attached hydrogens (primary N) is 1. The van der Waals surface area contributed by atoms with Gasteiger partial charge in [0, 0.05) is 45.6 Å². The standard InChI is InChI=1S/C14H22N4O/c1-11-8-17(2)14(19)13(7-15)18(9-11)10-12-3-5-16-6-4-12/h3-6,11,13H,7-10,15H2,1-2H3. The van der Waals surface area contributed by atoms with Gasteiger partial charge in [0.15, 0.2) is 0 Å². The minimum absolute atomic E-state index is 0.126. The molecule has 5 heteroatoms. The summed E-state index contributed by atoms with van der Waals surface area (Å²) in [6, 6.07) is 3.75. The summed E-state index contributed by atoms with van der Waals surface area (Å²) in [5.74, 6) is 0.577. The summed E-state index contributed by atoms with van der Waals surface area (Å²) in [6.45, 7) is 4.96. The van der Waals surface area contributed by atoms with E-state index in [1.54, 1.807) is 17.3 Å². The van der Waals surface area contributed by atoms with E-state index in [2.05, 4.69) is 16.8 Å². The van der Waals surface area contributed by atoms with Gasteiger partial charge in [-0.3, -0.25) is 14.7 Å². The Morgan fingerprint density at radius 1 is 1.37 bits per heavy atom. The molecule has 1 aliphatic heterocycles. The molecule has 1 aromatic heterocycles. The van der Waals surface area contributed by atoms with Crippen LogP contribution in [0.2, 0.25) is 0 Å². The predicted molar refractivity (Wildman–Crippen MR) is 74.3 cm³/mol. The van der Waals surface area contributed by atoms with Crippen molar-refractivity contribution in [2.24, 2.45) is 11.7 Å². The second-order valence-corrected chi connectivity index (χ2v) is 5.36. The van der Waals surface area contributed by atoms with Gasteiger partial charge in [-0.15, -0.1) is 0 Å². The molecule has 1 aliphatic rings. The van der Waals surface area contributed by atoms with Crippen molar-refractivity contribution in [1.82, 2.24) is 14.8 Å². The molecule has 2 unspecified atom stereocenters. The van der Waals surface area contributed by atoms with E-state index in [9.17, 15) is 4.79 Å². The first-order valence-electron chi connectivity index (χ1n) is 6.69. The van der Waals surface area contributed by atoms with Crippen molar-refractivity contribution in [3.05, 3.63) is 30.1 Å². The number of aromatic nitrogens is 1. The van der Waals surface area contributed by atoms with Crippen LogP contribution < -0.4 is 5.73 Å². The van der Waals surface area contributed by atoms with Crippen molar-refractivity contribution in [3.8, 4) is 0 Å². The second kappa shape index (κ2) is 6.12. The molecule has 0 saturated carbocycles. The van der Waals surface area contributed by atoms with Crippen LogP contribution in [0.15, 0.2) is 24.5 Å². The van der Waals surface area contributed by atoms with Gasteiger partial charge in [0.05, 0.1) is 0 Å². The average molecular weight is 262 g/mol. The molecular weight excluding hydrogens is 240 g/mol. The van der Waals surface area contributed by atoms with Crippen LogP contribution in [0.3, 0.4) is 0 Å². The van der Waals surface area contributed by atoms with Crippen LogP contribution in [0.4, 0.5) is 0 Å². The number of nitrogens with zero attached hydrogens (tertiary/aromatic N) is 3. The SMILES string of the molecule is CC1CN(C)C(=O)C(CN)N(Cc2ccncc2)C1. The summed E-state index contributed by atoms with van der Waals surface area (Å²) in [4.78, 5) is 20.3. The molecule has 0 bridgehead atoms. The molecule has 1 aromatic rings. The van der Waals surface area contributed by atoms with Crippen LogP contribution in [0.5, 0.6) is 0 Å². The Hall–Kier alpha value is -1.46. The Balaban J connectivity index is 2.18. The summed E-state index contributed by atoms with van der Waals surface area (Å²) in [5, 5.41) is 0. The topological polar surface area (TPSA) is 62.5 Å². The highest BCUT2D eigenvalue weighted by Crippen LogP contribution is 2.16. The number of likely N-dealkylation sites (N-methyl/N-ethyl adjacent to an activating group) is 1. The lowest BCUT2D eigenvalue weighted by Crippen LogP contribution is -2.48. The summed E-state index contributed by atoms with van der Waals surface area (Å²) >= 11 is 0. The fourth-order valence-corrected chi connectivity index (χ4v) is 2.70. The van der Waals surface area contributed by atoms with Gasteiger partial charge in [-0.2, -0.15) is 0 Å². The lowest BCUT2D eigenvalue weighted by molar-refractivity contribution is -0.134. The molecule has 0 aliphatic carbocycles. The number of pyridine rings is 1. The third-order valence-corrected chi connectivity index (χ3v) is 3.59. The zero-order chi connectivity index (χ0) is 13.8. The molecule has 1 amide bonds. The largest absolute Gasteiger partial charge is 0.344 e. The highest BCUT2D eigenvalue weighted by atomic mass is 16.2. The highest BCUT2D eigenvalue weighted by molar-refractivity contribution is 5.82. The van der Waals surface area contributed by atoms with Gasteiger partial charge in [0.1, 0.15) is 6.04 Å². The number of carbonyl (C=O) groups is 1. The number of hydrogen-bond acceptors (Lipinski definition) is 4. The molecule has 0 spiro atoms. The Labute approximate surface area is 114 Å². The van der Waals surface area contributed by atoms with E-state index >= 15 is 0 Å². The molecule has 1 fully saturated rings. The number of carbonyl (C=O) groups excluding carboxylic acids is 1. The molecule has 19 heavy (non-hydrogen) atoms. The first-order valence-corrected chi connectivity index (χ1v) is 6.69. The van der Waals surface area contributed by atoms with Crippen molar-refractivity contribution in [1.29, 1.82) is 0 Å². The zero-order valence-electron chi connectivity index (χ0n) is 11.6. The minimum atomic E-state index is -0.219. The van der Waals surface area contributed by atoms with Gasteiger partial charge in [-0.05, 0) is 23.6 Å². The zero-order valence-corrected chi connectivity index (χ0v) is 11.6. The van der Waals surface area contributed by atoms with E-state index in [1.807, 2.05) is 19.2 Å². The van der Waals surface area contributed by atoms with E-state index < -0.39 is 0 Å². The maximum Gasteiger partial charge on any atom is 0.241 e. The summed E-state index contributed by atoms with van der Waals surface area (Å²) in [6.07, 6.45) is 3.56. The fourth-order valence-electron chi connectivity index (χ4n) is 2.70. The third-order valence-electron chi connectivity index (χ3n) is 3.59. The second-order valence-electron chi connectivity index (χ2n) is 5.36. The minimum Gasteiger partial charge on any atom is -0.344 e. The van der Waals surface area contributed by atoms with Gasteiger partial charge < -0.3 is 10.6 Å². The lowest BCUT2D eigenvalue weighted by atomic mass is 10.1. The van der Waals surface area contributed by atoms with Crippen LogP contribution in [-0.2, 0) is 11.3 Å². The molecule has 0 aromatic carbocycles. The summed E-state index contributed by atoms with van der Waals surface area (Å²) in [5.41, 5.74) is 6.98. The van der Waals surface area contributed by atoms with E-state index in [0.717, 1.165) is 25.2 Å². The third kappa shape index (κ3) is 3.30. The molecule has 2 heterocycles. The van der Waals surface area contributed by atoms with Gasteiger partial charge in [-0.1, -0.05) is 6.92 Å². The van der Waals surface area contributed by atoms with E-state index in [-0.39, 0.29) is 11.9 Å². The van der Waals surface area contributed by atoms with Crippen LogP contribution in [0.25, 0.3) is 0 Å². The van der Waals surface area contributed by atoms with Crippen molar-refractivity contribution in [3.63, 3.8) is 0 Å². The monoisotopic (exact) mass is 262 g/mol. The first-order chi connectivity index (χ1) is 9.11. The van der Waals surface area contributed by atoms with Gasteiger partial charge in [-0.25, -0.2) is 0 Å². The molecule has 2 rings (SSSR count). The predicted octanol–water partition coefficient (Wildman–Crippen LogP) is 0.319. The Bertz CT molecular complexity index is 423. The Morgan fingerprint density at radius 2 is 2.05 bits per heavy atom. The fraction of sp³-hybridized carbons (Fsp3) is 0.571. The van der Waals surface area contributed by atoms with Crippen LogP contribution in [0, 0.1) is 5.92 Å². The number of amides is 1. The van der Waals surface area contributed by atoms with Crippen molar-refractivity contribution < 1.29 is 4.79 Å². The number of rotatable bonds is 3. The van der Waals surface area contributed by atoms with Gasteiger partial charge in [0.25, 0.3) is 0 Å². The van der Waals surface area contributed by atoms with Crippen LogP contribution in [-0.4, -0.2) is 53.4 Å². The highest BCUT2D eigenvalue weighted by Gasteiger charge is 2.32. The molecule has 2 atom stereocenters. The maximum atomic E-state index is 12.3. The molecular formula is C14H22N4O. The quantitative estimate of drug-likeness (QED) is 0.852. The molecule has 5 nitrogen and oxygen atoms in total. The van der Waals surface area contributed by atoms with Crippen LogP contribution >= 0.6 is 0 Å². The van der Waals surface area contributed by atoms with E-state index in [1.165, 1.54) is 0 Å². The van der Waals surface area contributed by atoms with Crippen molar-refractivity contribution >= 4 is 5.91 Å². The smallest absolute Gasteiger partial charge is 0.241 e. The molecule has 104 valence electrons. The average Bonchev–Trinajstić information content (AvgIpc) is 2.48. The molecule has 2 N–H and O–H groups in total. The normalized spacial score (nSPS) is 25.4.